The topological polar surface area (TPSA) is 59.4 Å². The fourth-order valence-electron chi connectivity index (χ4n) is 4.02. The van der Waals surface area contributed by atoms with Crippen LogP contribution in [0, 0.1) is 11.8 Å². The van der Waals surface area contributed by atoms with Crippen molar-refractivity contribution in [1.29, 1.82) is 0 Å². The molecule has 1 aromatic heterocycles. The van der Waals surface area contributed by atoms with Gasteiger partial charge in [-0.1, -0.05) is 27.7 Å². The van der Waals surface area contributed by atoms with E-state index in [-0.39, 0.29) is 5.91 Å². The molecule has 1 aromatic rings. The zero-order valence-electron chi connectivity index (χ0n) is 17.5. The Balaban J connectivity index is 1.79. The molecule has 2 heterocycles. The van der Waals surface area contributed by atoms with Gasteiger partial charge in [-0.3, -0.25) is 9.48 Å². The quantitative estimate of drug-likeness (QED) is 0.794. The average molecular weight is 377 g/mol. The maximum absolute atomic E-state index is 13.2. The maximum Gasteiger partial charge on any atom is 0.274 e. The van der Waals surface area contributed by atoms with Crippen LogP contribution in [0.3, 0.4) is 0 Å². The highest BCUT2D eigenvalue weighted by Gasteiger charge is 2.31. The van der Waals surface area contributed by atoms with Crippen LogP contribution in [0.4, 0.5) is 0 Å². The number of amides is 1. The van der Waals surface area contributed by atoms with E-state index in [1.807, 2.05) is 4.90 Å². The summed E-state index contributed by atoms with van der Waals surface area (Å²) in [6.45, 7) is 13.4. The van der Waals surface area contributed by atoms with Gasteiger partial charge in [-0.2, -0.15) is 5.10 Å². The maximum atomic E-state index is 13.2. The van der Waals surface area contributed by atoms with Gasteiger partial charge in [0.2, 0.25) is 0 Å². The highest BCUT2D eigenvalue weighted by Crippen LogP contribution is 2.27. The molecule has 2 aliphatic rings. The van der Waals surface area contributed by atoms with E-state index in [2.05, 4.69) is 37.7 Å². The summed E-state index contributed by atoms with van der Waals surface area (Å²) < 4.78 is 7.52. The van der Waals surface area contributed by atoms with Crippen molar-refractivity contribution in [2.75, 3.05) is 32.8 Å². The highest BCUT2D eigenvalue weighted by molar-refractivity contribution is 5.94. The zero-order valence-corrected chi connectivity index (χ0v) is 17.5. The van der Waals surface area contributed by atoms with E-state index < -0.39 is 0 Å². The lowest BCUT2D eigenvalue weighted by molar-refractivity contribution is 0.0297. The molecule has 1 atom stereocenters. The molecule has 1 fully saturated rings. The fourth-order valence-corrected chi connectivity index (χ4v) is 4.02. The first kappa shape index (κ1) is 20.3. The van der Waals surface area contributed by atoms with Gasteiger partial charge in [-0.15, -0.1) is 0 Å². The molecule has 0 bridgehead atoms. The molecule has 0 spiro atoms. The molecule has 6 heteroatoms. The molecule has 27 heavy (non-hydrogen) atoms. The number of morpholine rings is 1. The summed E-state index contributed by atoms with van der Waals surface area (Å²) in [5, 5.41) is 8.51. The van der Waals surface area contributed by atoms with Crippen LogP contribution >= 0.6 is 0 Å². The highest BCUT2D eigenvalue weighted by atomic mass is 16.5. The van der Waals surface area contributed by atoms with E-state index in [9.17, 15) is 4.79 Å². The molecule has 1 aliphatic carbocycles. The van der Waals surface area contributed by atoms with Crippen molar-refractivity contribution in [1.82, 2.24) is 20.0 Å². The predicted octanol–water partition coefficient (Wildman–Crippen LogP) is 2.50. The van der Waals surface area contributed by atoms with Crippen LogP contribution in [0.5, 0.6) is 0 Å². The predicted molar refractivity (Wildman–Crippen MR) is 107 cm³/mol. The largest absolute Gasteiger partial charge is 0.378 e. The van der Waals surface area contributed by atoms with Crippen LogP contribution in [-0.4, -0.2) is 59.5 Å². The Kier molecular flexibility index (Phi) is 6.93. The van der Waals surface area contributed by atoms with Crippen LogP contribution in [0.1, 0.15) is 62.3 Å². The number of nitrogens with one attached hydrogen (secondary N) is 1. The van der Waals surface area contributed by atoms with Gasteiger partial charge in [-0.25, -0.2) is 0 Å². The normalized spacial score (nSPS) is 20.4. The number of rotatable bonds is 7. The molecule has 1 aliphatic heterocycles. The minimum Gasteiger partial charge on any atom is -0.378 e. The number of carbonyl (C=O) groups excluding carboxylic acids is 1. The van der Waals surface area contributed by atoms with Gasteiger partial charge in [-0.05, 0) is 44.1 Å². The first-order valence-corrected chi connectivity index (χ1v) is 10.6. The molecule has 0 aromatic carbocycles. The molecule has 6 nitrogen and oxygen atoms in total. The van der Waals surface area contributed by atoms with E-state index in [4.69, 9.17) is 9.84 Å². The van der Waals surface area contributed by atoms with Crippen molar-refractivity contribution in [3.05, 3.63) is 17.0 Å². The van der Waals surface area contributed by atoms with E-state index in [0.29, 0.717) is 49.9 Å². The minimum absolute atomic E-state index is 0.0832. The van der Waals surface area contributed by atoms with Gasteiger partial charge in [0.15, 0.2) is 5.69 Å². The minimum atomic E-state index is 0.0832. The van der Waals surface area contributed by atoms with Gasteiger partial charge in [0.05, 0.1) is 13.2 Å². The summed E-state index contributed by atoms with van der Waals surface area (Å²) in [7, 11) is 0. The molecular weight excluding hydrogens is 340 g/mol. The Labute approximate surface area is 163 Å². The molecule has 0 radical (unpaired) electrons. The number of carbonyl (C=O) groups is 1. The molecule has 0 saturated carbocycles. The molecule has 152 valence electrons. The third-order valence-electron chi connectivity index (χ3n) is 5.54. The van der Waals surface area contributed by atoms with Crippen molar-refractivity contribution in [2.45, 2.75) is 66.0 Å². The second-order valence-corrected chi connectivity index (χ2v) is 8.83. The Morgan fingerprint density at radius 2 is 1.96 bits per heavy atom. The van der Waals surface area contributed by atoms with Crippen LogP contribution < -0.4 is 5.32 Å². The van der Waals surface area contributed by atoms with Gasteiger partial charge in [0, 0.05) is 36.9 Å². The SMILES string of the molecule is CC(C)CCN[C@H]1CCc2c(c(C(=O)N3CCOCC3)nn2CC(C)C)C1. The Bertz CT molecular complexity index is 632. The molecule has 1 amide bonds. The summed E-state index contributed by atoms with van der Waals surface area (Å²) >= 11 is 0. The van der Waals surface area contributed by atoms with Crippen molar-refractivity contribution in [3.63, 3.8) is 0 Å². The monoisotopic (exact) mass is 376 g/mol. The summed E-state index contributed by atoms with van der Waals surface area (Å²) in [6, 6.07) is 0.448. The van der Waals surface area contributed by atoms with Crippen LogP contribution in [0.25, 0.3) is 0 Å². The van der Waals surface area contributed by atoms with E-state index in [1.165, 1.54) is 17.7 Å². The van der Waals surface area contributed by atoms with Crippen molar-refractivity contribution in [2.24, 2.45) is 11.8 Å². The van der Waals surface area contributed by atoms with Crippen LogP contribution in [0.2, 0.25) is 0 Å². The average Bonchev–Trinajstić information content (AvgIpc) is 2.99. The standard InChI is InChI=1S/C21H36N4O2/c1-15(2)7-8-22-17-5-6-19-18(13-17)20(23-25(19)14-16(3)4)21(26)24-9-11-27-12-10-24/h15-17,22H,5-14H2,1-4H3/t17-/m0/s1. The Hall–Kier alpha value is -1.40. The third-order valence-corrected chi connectivity index (χ3v) is 5.54. The lowest BCUT2D eigenvalue weighted by Gasteiger charge is -2.28. The number of fused-ring (bicyclic) bond motifs is 1. The summed E-state index contributed by atoms with van der Waals surface area (Å²) in [6.07, 6.45) is 4.23. The molecule has 1 saturated heterocycles. The number of hydrogen-bond donors (Lipinski definition) is 1. The van der Waals surface area contributed by atoms with Gasteiger partial charge >= 0.3 is 0 Å². The Morgan fingerprint density at radius 1 is 1.22 bits per heavy atom. The summed E-state index contributed by atoms with van der Waals surface area (Å²) in [4.78, 5) is 15.1. The number of nitrogens with zero attached hydrogens (tertiary/aromatic N) is 3. The van der Waals surface area contributed by atoms with Crippen molar-refractivity contribution >= 4 is 5.91 Å². The van der Waals surface area contributed by atoms with E-state index in [1.54, 1.807) is 0 Å². The second-order valence-electron chi connectivity index (χ2n) is 8.83. The van der Waals surface area contributed by atoms with Crippen molar-refractivity contribution < 1.29 is 9.53 Å². The van der Waals surface area contributed by atoms with Gasteiger partial charge < -0.3 is 15.0 Å². The smallest absolute Gasteiger partial charge is 0.274 e. The molecule has 1 N–H and O–H groups in total. The third kappa shape index (κ3) is 5.11. The first-order chi connectivity index (χ1) is 13.0. The summed E-state index contributed by atoms with van der Waals surface area (Å²) in [5.74, 6) is 1.31. The lowest BCUT2D eigenvalue weighted by atomic mass is 9.90. The number of hydrogen-bond acceptors (Lipinski definition) is 4. The van der Waals surface area contributed by atoms with Gasteiger partial charge in [0.1, 0.15) is 0 Å². The molecule has 0 unspecified atom stereocenters. The van der Waals surface area contributed by atoms with E-state index in [0.717, 1.165) is 32.4 Å². The van der Waals surface area contributed by atoms with E-state index >= 15 is 0 Å². The fraction of sp³-hybridized carbons (Fsp3) is 0.810. The summed E-state index contributed by atoms with van der Waals surface area (Å²) in [5.41, 5.74) is 3.14. The van der Waals surface area contributed by atoms with Crippen LogP contribution in [0.15, 0.2) is 0 Å². The number of aromatic nitrogens is 2. The van der Waals surface area contributed by atoms with Crippen molar-refractivity contribution in [3.8, 4) is 0 Å². The lowest BCUT2D eigenvalue weighted by Crippen LogP contribution is -2.42. The zero-order chi connectivity index (χ0) is 19.4. The molecule has 3 rings (SSSR count). The van der Waals surface area contributed by atoms with Crippen LogP contribution in [-0.2, 0) is 24.1 Å². The first-order valence-electron chi connectivity index (χ1n) is 10.6. The number of ether oxygens (including phenoxy) is 1. The second kappa shape index (κ2) is 9.20. The Morgan fingerprint density at radius 3 is 2.63 bits per heavy atom. The molecular formula is C21H36N4O2. The van der Waals surface area contributed by atoms with Gasteiger partial charge in [0.25, 0.3) is 5.91 Å².